The van der Waals surface area contributed by atoms with Crippen LogP contribution in [-0.2, 0) is 6.54 Å². The van der Waals surface area contributed by atoms with E-state index >= 15 is 0 Å². The molecule has 0 fully saturated rings. The van der Waals surface area contributed by atoms with Crippen LogP contribution in [0, 0.1) is 12.3 Å². The minimum atomic E-state index is -0.0401. The molecule has 4 N–H and O–H groups in total. The number of aliphatic hydroxyl groups excluding tert-OH is 1. The number of hydrogen-bond donors (Lipinski definition) is 4. The molecule has 1 atom stereocenters. The Morgan fingerprint density at radius 3 is 2.94 bits per heavy atom. The number of anilines is 1. The number of aromatic nitrogens is 3. The van der Waals surface area contributed by atoms with E-state index in [1.807, 2.05) is 55.2 Å². The van der Waals surface area contributed by atoms with Gasteiger partial charge in [-0.15, -0.1) is 5.10 Å². The van der Waals surface area contributed by atoms with E-state index in [2.05, 4.69) is 33.1 Å². The van der Waals surface area contributed by atoms with Crippen LogP contribution in [0.2, 0.25) is 0 Å². The lowest BCUT2D eigenvalue weighted by molar-refractivity contribution is 0.202. The second-order valence-corrected chi connectivity index (χ2v) is 7.64. The largest absolute Gasteiger partial charge is 0.489 e. The first kappa shape index (κ1) is 21.6. The van der Waals surface area contributed by atoms with Gasteiger partial charge in [0.1, 0.15) is 12.4 Å². The van der Waals surface area contributed by atoms with Crippen LogP contribution in [0.3, 0.4) is 0 Å². The van der Waals surface area contributed by atoms with Gasteiger partial charge in [0.2, 0.25) is 0 Å². The molecule has 8 nitrogen and oxygen atoms in total. The van der Waals surface area contributed by atoms with E-state index in [9.17, 15) is 0 Å². The highest BCUT2D eigenvalue weighted by Gasteiger charge is 2.26. The molecule has 0 aliphatic carbocycles. The third-order valence-electron chi connectivity index (χ3n) is 5.57. The molecule has 1 aliphatic heterocycles. The molecule has 8 heteroatoms. The molecule has 0 saturated carbocycles. The quantitative estimate of drug-likeness (QED) is 0.407. The van der Waals surface area contributed by atoms with E-state index in [4.69, 9.17) is 15.3 Å². The van der Waals surface area contributed by atoms with Crippen molar-refractivity contribution >= 4 is 17.5 Å². The van der Waals surface area contributed by atoms with E-state index in [0.717, 1.165) is 52.3 Å². The van der Waals surface area contributed by atoms with Crippen molar-refractivity contribution in [3.05, 3.63) is 65.5 Å². The number of benzene rings is 2. The summed E-state index contributed by atoms with van der Waals surface area (Å²) in [4.78, 5) is 0. The summed E-state index contributed by atoms with van der Waals surface area (Å²) in [6.07, 6.45) is 3.98. The molecule has 0 bridgehead atoms. The van der Waals surface area contributed by atoms with Crippen molar-refractivity contribution < 1.29 is 9.84 Å². The molecular weight excluding hydrogens is 404 g/mol. The van der Waals surface area contributed by atoms with Gasteiger partial charge in [-0.3, -0.25) is 0 Å². The highest BCUT2D eigenvalue weighted by Crippen LogP contribution is 2.39. The highest BCUT2D eigenvalue weighted by molar-refractivity contribution is 6.08. The average molecular weight is 433 g/mol. The van der Waals surface area contributed by atoms with Crippen molar-refractivity contribution in [3.8, 4) is 17.0 Å². The predicted octanol–water partition coefficient (Wildman–Crippen LogP) is 3.39. The fourth-order valence-electron chi connectivity index (χ4n) is 4.11. The Kier molecular flexibility index (Phi) is 6.51. The van der Waals surface area contributed by atoms with Crippen molar-refractivity contribution in [2.75, 3.05) is 25.6 Å². The first-order valence-electron chi connectivity index (χ1n) is 10.7. The average Bonchev–Trinajstić information content (AvgIpc) is 3.11. The molecule has 0 saturated heterocycles. The number of hydrogen-bond acceptors (Lipinski definition) is 7. The fourth-order valence-corrected chi connectivity index (χ4v) is 4.11. The van der Waals surface area contributed by atoms with Crippen molar-refractivity contribution in [1.82, 2.24) is 20.3 Å². The Bertz CT molecular complexity index is 1140. The number of nitrogens with zero attached hydrogens (tertiary/aromatic N) is 3. The molecule has 1 aromatic heterocycles. The Morgan fingerprint density at radius 1 is 1.31 bits per heavy atom. The van der Waals surface area contributed by atoms with Gasteiger partial charge < -0.3 is 25.9 Å². The maximum absolute atomic E-state index is 9.17. The van der Waals surface area contributed by atoms with Gasteiger partial charge in [-0.25, -0.2) is 4.68 Å². The van der Waals surface area contributed by atoms with Gasteiger partial charge in [0.05, 0.1) is 29.7 Å². The SMILES string of the molecule is CN/C=C(\C=N)c1ccc2c(c1)C(Nc1ccccc1OCCO)CCn1nnc(C)c1-2. The second-order valence-electron chi connectivity index (χ2n) is 7.64. The lowest BCUT2D eigenvalue weighted by Crippen LogP contribution is -2.14. The molecular formula is C24H28N6O2. The highest BCUT2D eigenvalue weighted by atomic mass is 16.5. The molecule has 1 aliphatic rings. The van der Waals surface area contributed by atoms with Gasteiger partial charge in [0.15, 0.2) is 0 Å². The van der Waals surface area contributed by atoms with Crippen LogP contribution in [0.25, 0.3) is 16.8 Å². The predicted molar refractivity (Wildman–Crippen MR) is 126 cm³/mol. The molecule has 0 spiro atoms. The maximum Gasteiger partial charge on any atom is 0.142 e. The zero-order valence-electron chi connectivity index (χ0n) is 18.3. The molecule has 1 unspecified atom stereocenters. The van der Waals surface area contributed by atoms with Crippen molar-refractivity contribution in [2.24, 2.45) is 0 Å². The van der Waals surface area contributed by atoms with Gasteiger partial charge >= 0.3 is 0 Å². The number of aryl methyl sites for hydroxylation is 2. The minimum Gasteiger partial charge on any atom is -0.489 e. The monoisotopic (exact) mass is 432 g/mol. The standard InChI is InChI=1S/C24H28N6O2/c1-16-24-19-8-7-17(18(14-25)15-26-2)13-20(19)21(9-10-30(24)29-28-16)27-22-5-3-4-6-23(22)32-12-11-31/h3-8,13-15,21,25-27,31H,9-12H2,1-2H3/b18-15+,25-14?. The molecule has 32 heavy (non-hydrogen) atoms. The summed E-state index contributed by atoms with van der Waals surface area (Å²) in [7, 11) is 1.83. The molecule has 4 rings (SSSR count). The first-order valence-corrected chi connectivity index (χ1v) is 10.7. The van der Waals surface area contributed by atoms with E-state index in [1.165, 1.54) is 6.21 Å². The van der Waals surface area contributed by atoms with Crippen LogP contribution in [0.4, 0.5) is 5.69 Å². The summed E-state index contributed by atoms with van der Waals surface area (Å²) in [5.74, 6) is 0.703. The molecule has 166 valence electrons. The normalized spacial score (nSPS) is 15.3. The Balaban J connectivity index is 1.80. The molecule has 3 aromatic rings. The van der Waals surface area contributed by atoms with Gasteiger partial charge in [0, 0.05) is 37.1 Å². The third kappa shape index (κ3) is 4.22. The topological polar surface area (TPSA) is 108 Å². The first-order chi connectivity index (χ1) is 15.7. The van der Waals surface area contributed by atoms with Crippen LogP contribution in [-0.4, -0.2) is 46.6 Å². The van der Waals surface area contributed by atoms with Gasteiger partial charge in [-0.1, -0.05) is 29.5 Å². The van der Waals surface area contributed by atoms with Crippen molar-refractivity contribution in [2.45, 2.75) is 25.9 Å². The summed E-state index contributed by atoms with van der Waals surface area (Å²) < 4.78 is 7.70. The van der Waals surface area contributed by atoms with Gasteiger partial charge in [-0.2, -0.15) is 0 Å². The Morgan fingerprint density at radius 2 is 2.16 bits per heavy atom. The Hall–Kier alpha value is -3.65. The lowest BCUT2D eigenvalue weighted by atomic mass is 9.92. The van der Waals surface area contributed by atoms with Crippen LogP contribution in [0.5, 0.6) is 5.75 Å². The maximum atomic E-state index is 9.17. The van der Waals surface area contributed by atoms with Crippen LogP contribution < -0.4 is 15.4 Å². The zero-order valence-corrected chi connectivity index (χ0v) is 18.3. The summed E-state index contributed by atoms with van der Waals surface area (Å²) in [6.45, 7) is 2.90. The van der Waals surface area contributed by atoms with Crippen LogP contribution in [0.1, 0.15) is 29.3 Å². The van der Waals surface area contributed by atoms with Crippen molar-refractivity contribution in [1.29, 1.82) is 5.41 Å². The second kappa shape index (κ2) is 9.65. The van der Waals surface area contributed by atoms with E-state index < -0.39 is 0 Å². The van der Waals surface area contributed by atoms with Crippen molar-refractivity contribution in [3.63, 3.8) is 0 Å². The summed E-state index contributed by atoms with van der Waals surface area (Å²) in [5.41, 5.74) is 6.74. The lowest BCUT2D eigenvalue weighted by Gasteiger charge is -2.23. The van der Waals surface area contributed by atoms with E-state index in [1.54, 1.807) is 0 Å². The molecule has 0 radical (unpaired) electrons. The summed E-state index contributed by atoms with van der Waals surface area (Å²) >= 11 is 0. The molecule has 0 amide bonds. The number of para-hydroxylation sites is 2. The number of fused-ring (bicyclic) bond motifs is 3. The number of rotatable bonds is 8. The molecule has 2 aromatic carbocycles. The number of ether oxygens (including phenoxy) is 1. The number of nitrogens with one attached hydrogen (secondary N) is 3. The van der Waals surface area contributed by atoms with E-state index in [0.29, 0.717) is 5.75 Å². The molecule has 2 heterocycles. The Labute approximate surface area is 187 Å². The number of aliphatic hydroxyl groups is 1. The van der Waals surface area contributed by atoms with E-state index in [-0.39, 0.29) is 19.3 Å². The van der Waals surface area contributed by atoms with Gasteiger partial charge in [-0.05, 0) is 42.7 Å². The van der Waals surface area contributed by atoms with Crippen LogP contribution >= 0.6 is 0 Å². The zero-order chi connectivity index (χ0) is 22.5. The summed E-state index contributed by atoms with van der Waals surface area (Å²) in [5, 5.41) is 32.3. The third-order valence-corrected chi connectivity index (χ3v) is 5.57. The number of allylic oxidation sites excluding steroid dienone is 1. The fraction of sp³-hybridized carbons (Fsp3) is 0.292. The smallest absolute Gasteiger partial charge is 0.142 e. The minimum absolute atomic E-state index is 0.00787. The van der Waals surface area contributed by atoms with Gasteiger partial charge in [0.25, 0.3) is 0 Å². The summed E-state index contributed by atoms with van der Waals surface area (Å²) in [6, 6.07) is 14.0. The van der Waals surface area contributed by atoms with Crippen LogP contribution in [0.15, 0.2) is 48.7 Å².